The topological polar surface area (TPSA) is 58.9 Å². The summed E-state index contributed by atoms with van der Waals surface area (Å²) in [7, 11) is 0. The van der Waals surface area contributed by atoms with Crippen molar-refractivity contribution in [2.75, 3.05) is 6.54 Å². The summed E-state index contributed by atoms with van der Waals surface area (Å²) in [6, 6.07) is 0.150. The number of allylic oxidation sites excluding steroid dienone is 1. The van der Waals surface area contributed by atoms with E-state index in [-0.39, 0.29) is 6.04 Å². The van der Waals surface area contributed by atoms with Crippen LogP contribution in [0.25, 0.3) is 0 Å². The molecule has 0 saturated carbocycles. The van der Waals surface area contributed by atoms with Crippen LogP contribution in [0.4, 0.5) is 0 Å². The van der Waals surface area contributed by atoms with E-state index in [0.717, 1.165) is 19.3 Å². The Kier molecular flexibility index (Phi) is 18.7. The van der Waals surface area contributed by atoms with Crippen LogP contribution in [0.2, 0.25) is 0 Å². The van der Waals surface area contributed by atoms with Crippen LogP contribution in [0.3, 0.4) is 0 Å². The van der Waals surface area contributed by atoms with E-state index in [1.54, 1.807) is 13.0 Å². The molecular formula is C14H24N2O2. The van der Waals surface area contributed by atoms with Gasteiger partial charge in [-0.15, -0.1) is 6.58 Å². The van der Waals surface area contributed by atoms with Gasteiger partial charge < -0.3 is 0 Å². The minimum absolute atomic E-state index is 0.150. The Morgan fingerprint density at radius 1 is 1.17 bits per heavy atom. The molecule has 0 heterocycles. The van der Waals surface area contributed by atoms with E-state index in [0.29, 0.717) is 6.54 Å². The monoisotopic (exact) mass is 252 g/mol. The molecular weight excluding hydrogens is 228 g/mol. The predicted octanol–water partition coefficient (Wildman–Crippen LogP) is 3.58. The summed E-state index contributed by atoms with van der Waals surface area (Å²) in [5.74, 6) is 0. The first kappa shape index (κ1) is 18.9. The third kappa shape index (κ3) is 20.0. The van der Waals surface area contributed by atoms with Gasteiger partial charge >= 0.3 is 0 Å². The number of hydrogen-bond donors (Lipinski definition) is 0. The van der Waals surface area contributed by atoms with Gasteiger partial charge in [0.15, 0.2) is 0 Å². The highest BCUT2D eigenvalue weighted by Gasteiger charge is 1.97. The number of aliphatic imine (C=N–C) groups is 2. The molecule has 4 heteroatoms. The first-order valence-corrected chi connectivity index (χ1v) is 6.44. The second-order valence-electron chi connectivity index (χ2n) is 3.92. The van der Waals surface area contributed by atoms with Crippen LogP contribution in [0.15, 0.2) is 22.6 Å². The molecule has 0 amide bonds. The molecule has 0 bridgehead atoms. The van der Waals surface area contributed by atoms with Crippen molar-refractivity contribution < 1.29 is 9.59 Å². The molecule has 0 rings (SSSR count). The van der Waals surface area contributed by atoms with Crippen molar-refractivity contribution in [2.24, 2.45) is 9.98 Å². The molecule has 0 aliphatic rings. The minimum atomic E-state index is 0.150. The summed E-state index contributed by atoms with van der Waals surface area (Å²) in [4.78, 5) is 25.8. The average Bonchev–Trinajstić information content (AvgIpc) is 2.36. The zero-order chi connectivity index (χ0) is 14.1. The van der Waals surface area contributed by atoms with Crippen molar-refractivity contribution in [2.45, 2.75) is 58.4 Å². The predicted molar refractivity (Wildman–Crippen MR) is 74.1 cm³/mol. The number of nitrogens with zero attached hydrogens (tertiary/aromatic N) is 2. The maximum absolute atomic E-state index is 9.89. The molecule has 1 unspecified atom stereocenters. The standard InChI is InChI=1S/C11H19NO.C3H5NO/c1-3-4-5-6-7-8-9-11(2)12-10-13;1-2-4-3-5/h3,11H,1,4-9H2,2H3;2H2,1H3. The van der Waals surface area contributed by atoms with E-state index < -0.39 is 0 Å². The zero-order valence-corrected chi connectivity index (χ0v) is 11.5. The highest BCUT2D eigenvalue weighted by Crippen LogP contribution is 2.08. The van der Waals surface area contributed by atoms with Crippen molar-refractivity contribution in [1.29, 1.82) is 0 Å². The molecule has 0 fully saturated rings. The summed E-state index contributed by atoms with van der Waals surface area (Å²) >= 11 is 0. The lowest BCUT2D eigenvalue weighted by Crippen LogP contribution is -1.96. The Morgan fingerprint density at radius 3 is 2.28 bits per heavy atom. The van der Waals surface area contributed by atoms with E-state index in [9.17, 15) is 4.79 Å². The van der Waals surface area contributed by atoms with Crippen LogP contribution in [-0.2, 0) is 9.59 Å². The number of hydrogen-bond acceptors (Lipinski definition) is 4. The van der Waals surface area contributed by atoms with Gasteiger partial charge in [-0.3, -0.25) is 0 Å². The Bertz CT molecular complexity index is 278. The maximum atomic E-state index is 9.89. The maximum Gasteiger partial charge on any atom is 0.235 e. The Labute approximate surface area is 110 Å². The van der Waals surface area contributed by atoms with Gasteiger partial charge in [-0.05, 0) is 33.1 Å². The fraction of sp³-hybridized carbons (Fsp3) is 0.714. The summed E-state index contributed by atoms with van der Waals surface area (Å²) in [5, 5.41) is 0. The van der Waals surface area contributed by atoms with E-state index in [1.807, 2.05) is 13.0 Å². The van der Waals surface area contributed by atoms with Crippen LogP contribution in [0, 0.1) is 0 Å². The molecule has 0 radical (unpaired) electrons. The van der Waals surface area contributed by atoms with Crippen molar-refractivity contribution in [3.8, 4) is 0 Å². The average molecular weight is 252 g/mol. The van der Waals surface area contributed by atoms with Crippen molar-refractivity contribution in [1.82, 2.24) is 0 Å². The van der Waals surface area contributed by atoms with Gasteiger partial charge in [-0.1, -0.05) is 25.3 Å². The van der Waals surface area contributed by atoms with Gasteiger partial charge in [0.05, 0.1) is 6.04 Å². The van der Waals surface area contributed by atoms with Gasteiger partial charge in [0.25, 0.3) is 0 Å². The molecule has 0 aromatic carbocycles. The van der Waals surface area contributed by atoms with Gasteiger partial charge in [-0.25, -0.2) is 19.6 Å². The number of carbonyl (C=O) groups excluding carboxylic acids is 2. The van der Waals surface area contributed by atoms with Gasteiger partial charge in [0.2, 0.25) is 12.2 Å². The van der Waals surface area contributed by atoms with Crippen LogP contribution in [-0.4, -0.2) is 24.7 Å². The molecule has 0 spiro atoms. The molecule has 0 N–H and O–H groups in total. The lowest BCUT2D eigenvalue weighted by Gasteiger charge is -2.02. The fourth-order valence-electron chi connectivity index (χ4n) is 1.30. The lowest BCUT2D eigenvalue weighted by atomic mass is 10.1. The Balaban J connectivity index is 0. The van der Waals surface area contributed by atoms with Crippen molar-refractivity contribution in [3.63, 3.8) is 0 Å². The number of unbranched alkanes of at least 4 members (excludes halogenated alkanes) is 4. The molecule has 18 heavy (non-hydrogen) atoms. The van der Waals surface area contributed by atoms with Gasteiger partial charge in [-0.2, -0.15) is 0 Å². The second-order valence-corrected chi connectivity index (χ2v) is 3.92. The highest BCUT2D eigenvalue weighted by atomic mass is 16.1. The molecule has 1 atom stereocenters. The molecule has 0 aromatic rings. The Hall–Kier alpha value is -1.50. The van der Waals surface area contributed by atoms with E-state index in [2.05, 4.69) is 16.6 Å². The van der Waals surface area contributed by atoms with Crippen LogP contribution >= 0.6 is 0 Å². The molecule has 0 aromatic heterocycles. The van der Waals surface area contributed by atoms with Crippen molar-refractivity contribution in [3.05, 3.63) is 12.7 Å². The summed E-state index contributed by atoms with van der Waals surface area (Å²) < 4.78 is 0. The molecule has 0 saturated heterocycles. The lowest BCUT2D eigenvalue weighted by molar-refractivity contribution is 0.542. The minimum Gasteiger partial charge on any atom is -0.211 e. The van der Waals surface area contributed by atoms with E-state index >= 15 is 0 Å². The summed E-state index contributed by atoms with van der Waals surface area (Å²) in [6.07, 6.45) is 11.9. The molecule has 0 aliphatic heterocycles. The van der Waals surface area contributed by atoms with Crippen LogP contribution in [0.1, 0.15) is 52.4 Å². The largest absolute Gasteiger partial charge is 0.235 e. The Morgan fingerprint density at radius 2 is 1.83 bits per heavy atom. The third-order valence-corrected chi connectivity index (χ3v) is 2.28. The first-order valence-electron chi connectivity index (χ1n) is 6.44. The van der Waals surface area contributed by atoms with Gasteiger partial charge in [0.1, 0.15) is 0 Å². The second kappa shape index (κ2) is 17.9. The summed E-state index contributed by atoms with van der Waals surface area (Å²) in [6.45, 7) is 7.95. The number of rotatable bonds is 9. The molecule has 102 valence electrons. The SMILES string of the molecule is C=CCCCCCCC(C)N=C=O.CCN=C=O. The van der Waals surface area contributed by atoms with E-state index in [1.165, 1.54) is 25.3 Å². The highest BCUT2D eigenvalue weighted by molar-refractivity contribution is 5.33. The van der Waals surface area contributed by atoms with Crippen LogP contribution < -0.4 is 0 Å². The normalized spacial score (nSPS) is 10.1. The first-order chi connectivity index (χ1) is 8.72. The molecule has 0 aliphatic carbocycles. The quantitative estimate of drug-likeness (QED) is 0.272. The van der Waals surface area contributed by atoms with Crippen LogP contribution in [0.5, 0.6) is 0 Å². The molecule has 4 nitrogen and oxygen atoms in total. The van der Waals surface area contributed by atoms with Gasteiger partial charge in [0, 0.05) is 6.54 Å². The third-order valence-electron chi connectivity index (χ3n) is 2.28. The van der Waals surface area contributed by atoms with E-state index in [4.69, 9.17) is 4.79 Å². The zero-order valence-electron chi connectivity index (χ0n) is 11.5. The smallest absolute Gasteiger partial charge is 0.211 e. The van der Waals surface area contributed by atoms with Crippen molar-refractivity contribution >= 4 is 12.2 Å². The summed E-state index contributed by atoms with van der Waals surface area (Å²) in [5.41, 5.74) is 0. The fourth-order valence-corrected chi connectivity index (χ4v) is 1.30. The number of isocyanates is 2.